The maximum atomic E-state index is 2.37. The van der Waals surface area contributed by atoms with E-state index in [1.54, 1.807) is 0 Å². The fraction of sp³-hybridized carbons (Fsp3) is 0. The van der Waals surface area contributed by atoms with Gasteiger partial charge in [-0.05, 0) is 108 Å². The summed E-state index contributed by atoms with van der Waals surface area (Å²) in [7, 11) is 0. The zero-order valence-electron chi connectivity index (χ0n) is 25.8. The minimum absolute atomic E-state index is 1.12. The van der Waals surface area contributed by atoms with Crippen LogP contribution in [0.25, 0.3) is 65.3 Å². The van der Waals surface area contributed by atoms with Gasteiger partial charge in [0, 0.05) is 17.1 Å². The van der Waals surface area contributed by atoms with E-state index in [4.69, 9.17) is 0 Å². The molecule has 9 aromatic carbocycles. The van der Waals surface area contributed by atoms with Gasteiger partial charge in [-0.15, -0.1) is 0 Å². The molecule has 0 saturated heterocycles. The molecular weight excluding hydrogens is 567 g/mol. The molecule has 0 heterocycles. The van der Waals surface area contributed by atoms with Crippen molar-refractivity contribution < 1.29 is 0 Å². The molecule has 0 unspecified atom stereocenters. The van der Waals surface area contributed by atoms with Gasteiger partial charge in [-0.3, -0.25) is 0 Å². The Morgan fingerprint density at radius 2 is 0.851 bits per heavy atom. The zero-order valence-corrected chi connectivity index (χ0v) is 25.8. The average molecular weight is 598 g/mol. The van der Waals surface area contributed by atoms with Crippen LogP contribution in [0.15, 0.2) is 188 Å². The first-order valence-corrected chi connectivity index (χ1v) is 16.2. The molecule has 0 radical (unpaired) electrons. The van der Waals surface area contributed by atoms with Crippen molar-refractivity contribution in [3.8, 4) is 22.3 Å². The van der Waals surface area contributed by atoms with Crippen molar-refractivity contribution in [1.82, 2.24) is 0 Å². The van der Waals surface area contributed by atoms with Crippen LogP contribution in [0.3, 0.4) is 0 Å². The highest BCUT2D eigenvalue weighted by atomic mass is 15.1. The van der Waals surface area contributed by atoms with Gasteiger partial charge in [-0.25, -0.2) is 0 Å². The predicted octanol–water partition coefficient (Wildman–Crippen LogP) is 13.1. The normalized spacial score (nSPS) is 11.4. The number of benzene rings is 9. The summed E-state index contributed by atoms with van der Waals surface area (Å²) in [6.45, 7) is 0. The Bertz CT molecular complexity index is 2560. The van der Waals surface area contributed by atoms with Crippen LogP contribution in [0.2, 0.25) is 0 Å². The molecule has 0 aliphatic rings. The van der Waals surface area contributed by atoms with Gasteiger partial charge in [0.15, 0.2) is 0 Å². The van der Waals surface area contributed by atoms with Crippen LogP contribution >= 0.6 is 0 Å². The average Bonchev–Trinajstić information content (AvgIpc) is 3.15. The second kappa shape index (κ2) is 11.3. The summed E-state index contributed by atoms with van der Waals surface area (Å²) in [5.74, 6) is 0. The number of anilines is 3. The fourth-order valence-corrected chi connectivity index (χ4v) is 7.22. The Balaban J connectivity index is 1.19. The van der Waals surface area contributed by atoms with E-state index in [1.165, 1.54) is 65.3 Å². The van der Waals surface area contributed by atoms with Gasteiger partial charge in [0.05, 0.1) is 0 Å². The van der Waals surface area contributed by atoms with E-state index < -0.39 is 0 Å². The lowest BCUT2D eigenvalue weighted by molar-refractivity contribution is 1.28. The summed E-state index contributed by atoms with van der Waals surface area (Å²) in [5, 5.41) is 10.2. The van der Waals surface area contributed by atoms with Gasteiger partial charge in [0.25, 0.3) is 0 Å². The van der Waals surface area contributed by atoms with Crippen molar-refractivity contribution >= 4 is 60.2 Å². The minimum Gasteiger partial charge on any atom is -0.310 e. The van der Waals surface area contributed by atoms with Gasteiger partial charge in [0.1, 0.15) is 0 Å². The Labute approximate surface area is 274 Å². The molecule has 0 amide bonds. The van der Waals surface area contributed by atoms with Crippen LogP contribution in [-0.4, -0.2) is 0 Å². The first-order chi connectivity index (χ1) is 23.3. The molecule has 0 N–H and O–H groups in total. The quantitative estimate of drug-likeness (QED) is 0.178. The lowest BCUT2D eigenvalue weighted by atomic mass is 9.90. The van der Waals surface area contributed by atoms with Crippen LogP contribution in [0.1, 0.15) is 0 Å². The summed E-state index contributed by atoms with van der Waals surface area (Å²) in [6.07, 6.45) is 0. The Kier molecular flexibility index (Phi) is 6.54. The molecule has 0 spiro atoms. The maximum Gasteiger partial charge on any atom is 0.0467 e. The van der Waals surface area contributed by atoms with E-state index in [1.807, 2.05) is 0 Å². The largest absolute Gasteiger partial charge is 0.310 e. The third-order valence-corrected chi connectivity index (χ3v) is 9.40. The standard InChI is InChI=1S/C46H31N/c1-2-16-37(17-3-1)47(38-28-26-34(27-29-38)41-23-11-14-32-12-4-6-19-40(32)41)39-18-10-15-35(30-39)45-31-36-25-24-33-13-5-7-20-42(33)46(36)44-22-9-8-21-43(44)45/h1-31H. The molecule has 0 aromatic heterocycles. The SMILES string of the molecule is c1ccc(N(c2ccc(-c3cccc4ccccc34)cc2)c2cccc(-c3cc4ccc5ccccc5c4c4ccccc34)c2)cc1. The molecule has 0 saturated carbocycles. The monoisotopic (exact) mass is 597 g/mol. The van der Waals surface area contributed by atoms with Crippen LogP contribution in [-0.2, 0) is 0 Å². The number of rotatable bonds is 5. The van der Waals surface area contributed by atoms with Gasteiger partial charge in [-0.1, -0.05) is 146 Å². The van der Waals surface area contributed by atoms with Gasteiger partial charge in [-0.2, -0.15) is 0 Å². The van der Waals surface area contributed by atoms with Crippen molar-refractivity contribution in [2.24, 2.45) is 0 Å². The van der Waals surface area contributed by atoms with Crippen molar-refractivity contribution in [1.29, 1.82) is 0 Å². The van der Waals surface area contributed by atoms with Crippen LogP contribution < -0.4 is 4.90 Å². The van der Waals surface area contributed by atoms with E-state index in [9.17, 15) is 0 Å². The molecule has 0 fully saturated rings. The molecule has 9 rings (SSSR count). The Morgan fingerprint density at radius 3 is 1.66 bits per heavy atom. The molecule has 0 atom stereocenters. The molecule has 220 valence electrons. The van der Waals surface area contributed by atoms with Crippen LogP contribution in [0.5, 0.6) is 0 Å². The van der Waals surface area contributed by atoms with E-state index in [-0.39, 0.29) is 0 Å². The summed E-state index contributed by atoms with van der Waals surface area (Å²) < 4.78 is 0. The predicted molar refractivity (Wildman–Crippen MR) is 202 cm³/mol. The third-order valence-electron chi connectivity index (χ3n) is 9.40. The number of fused-ring (bicyclic) bond motifs is 6. The molecular formula is C46H31N. The first-order valence-electron chi connectivity index (χ1n) is 16.2. The van der Waals surface area contributed by atoms with E-state index in [2.05, 4.69) is 193 Å². The molecule has 1 nitrogen and oxygen atoms in total. The van der Waals surface area contributed by atoms with Crippen LogP contribution in [0.4, 0.5) is 17.1 Å². The van der Waals surface area contributed by atoms with Crippen LogP contribution in [0, 0.1) is 0 Å². The fourth-order valence-electron chi connectivity index (χ4n) is 7.22. The van der Waals surface area contributed by atoms with Crippen molar-refractivity contribution in [2.45, 2.75) is 0 Å². The number of hydrogen-bond acceptors (Lipinski definition) is 1. The maximum absolute atomic E-state index is 2.37. The highest BCUT2D eigenvalue weighted by Crippen LogP contribution is 2.42. The van der Waals surface area contributed by atoms with E-state index in [0.717, 1.165) is 17.1 Å². The van der Waals surface area contributed by atoms with Crippen molar-refractivity contribution in [2.75, 3.05) is 4.90 Å². The minimum atomic E-state index is 1.12. The summed E-state index contributed by atoms with van der Waals surface area (Å²) in [4.78, 5) is 2.35. The van der Waals surface area contributed by atoms with Gasteiger partial charge < -0.3 is 4.90 Å². The van der Waals surface area contributed by atoms with E-state index >= 15 is 0 Å². The van der Waals surface area contributed by atoms with Gasteiger partial charge >= 0.3 is 0 Å². The third kappa shape index (κ3) is 4.72. The number of para-hydroxylation sites is 1. The highest BCUT2D eigenvalue weighted by Gasteiger charge is 2.16. The van der Waals surface area contributed by atoms with Gasteiger partial charge in [0.2, 0.25) is 0 Å². The lowest BCUT2D eigenvalue weighted by Gasteiger charge is -2.26. The Morgan fingerprint density at radius 1 is 0.277 bits per heavy atom. The molecule has 0 bridgehead atoms. The van der Waals surface area contributed by atoms with E-state index in [0.29, 0.717) is 0 Å². The summed E-state index contributed by atoms with van der Waals surface area (Å²) in [6, 6.07) is 68.2. The topological polar surface area (TPSA) is 3.24 Å². The molecule has 1 heteroatoms. The molecule has 0 aliphatic carbocycles. The second-order valence-electron chi connectivity index (χ2n) is 12.1. The highest BCUT2D eigenvalue weighted by molar-refractivity contribution is 6.23. The molecule has 0 aliphatic heterocycles. The second-order valence-corrected chi connectivity index (χ2v) is 12.1. The Hall–Kier alpha value is -6.18. The lowest BCUT2D eigenvalue weighted by Crippen LogP contribution is -2.09. The molecule has 9 aromatic rings. The number of nitrogens with zero attached hydrogens (tertiary/aromatic N) is 1. The zero-order chi connectivity index (χ0) is 31.2. The summed E-state index contributed by atoms with van der Waals surface area (Å²) in [5.41, 5.74) is 8.26. The van der Waals surface area contributed by atoms with Crippen molar-refractivity contribution in [3.63, 3.8) is 0 Å². The van der Waals surface area contributed by atoms with Crippen molar-refractivity contribution in [3.05, 3.63) is 188 Å². The molecule has 47 heavy (non-hydrogen) atoms. The first kappa shape index (κ1) is 27.2. The summed E-state index contributed by atoms with van der Waals surface area (Å²) >= 11 is 0. The number of hydrogen-bond donors (Lipinski definition) is 0. The smallest absolute Gasteiger partial charge is 0.0467 e.